The highest BCUT2D eigenvalue weighted by Crippen LogP contribution is 2.20. The third-order valence-corrected chi connectivity index (χ3v) is 5.92. The predicted molar refractivity (Wildman–Crippen MR) is 123 cm³/mol. The molecule has 2 aromatic heterocycles. The van der Waals surface area contributed by atoms with Crippen LogP contribution in [0.1, 0.15) is 26.4 Å². The molecule has 7 heteroatoms. The highest BCUT2D eigenvalue weighted by atomic mass is 79.9. The standard InChI is InChI=1S/C23H20BrN3O2S/c1-16-3-2-4-20(11-16)29-14-18-12-21(30-15-18)23(28)25-22-9-10-27(26-22)13-17-5-7-19(24)8-6-17/h2-12,15H,13-14H2,1H3,(H,25,26,28). The number of thiophene rings is 1. The first kappa shape index (κ1) is 20.4. The highest BCUT2D eigenvalue weighted by molar-refractivity contribution is 9.10. The third kappa shape index (κ3) is 5.37. The van der Waals surface area contributed by atoms with Gasteiger partial charge in [-0.1, -0.05) is 40.2 Å². The normalized spacial score (nSPS) is 10.7. The van der Waals surface area contributed by atoms with Crippen LogP contribution in [0.4, 0.5) is 5.82 Å². The number of nitrogens with one attached hydrogen (secondary N) is 1. The van der Waals surface area contributed by atoms with E-state index in [1.54, 1.807) is 10.7 Å². The Kier molecular flexibility index (Phi) is 6.30. The molecule has 0 bridgehead atoms. The number of carbonyl (C=O) groups excluding carboxylic acids is 1. The number of hydrogen-bond donors (Lipinski definition) is 1. The lowest BCUT2D eigenvalue weighted by Gasteiger charge is -2.05. The van der Waals surface area contributed by atoms with E-state index in [9.17, 15) is 4.79 Å². The van der Waals surface area contributed by atoms with Gasteiger partial charge in [-0.3, -0.25) is 9.48 Å². The number of nitrogens with zero attached hydrogens (tertiary/aromatic N) is 2. The molecular weight excluding hydrogens is 462 g/mol. The van der Waals surface area contributed by atoms with Gasteiger partial charge in [-0.05, 0) is 53.8 Å². The lowest BCUT2D eigenvalue weighted by Crippen LogP contribution is -2.11. The molecule has 2 heterocycles. The van der Waals surface area contributed by atoms with Crippen LogP contribution in [0.25, 0.3) is 0 Å². The van der Waals surface area contributed by atoms with Gasteiger partial charge in [0, 0.05) is 22.3 Å². The zero-order chi connectivity index (χ0) is 20.9. The second-order valence-corrected chi connectivity index (χ2v) is 8.73. The SMILES string of the molecule is Cc1cccc(OCc2csc(C(=O)Nc3ccn(Cc4ccc(Br)cc4)n3)c2)c1. The number of halogens is 1. The molecule has 0 atom stereocenters. The van der Waals surface area contributed by atoms with Gasteiger partial charge in [-0.15, -0.1) is 11.3 Å². The summed E-state index contributed by atoms with van der Waals surface area (Å²) in [5.41, 5.74) is 3.25. The number of hydrogen-bond acceptors (Lipinski definition) is 4. The molecule has 0 aliphatic rings. The van der Waals surface area contributed by atoms with Crippen molar-refractivity contribution in [3.8, 4) is 5.75 Å². The molecule has 30 heavy (non-hydrogen) atoms. The molecule has 0 aliphatic carbocycles. The van der Waals surface area contributed by atoms with Gasteiger partial charge in [-0.2, -0.15) is 5.10 Å². The number of amides is 1. The highest BCUT2D eigenvalue weighted by Gasteiger charge is 2.12. The van der Waals surface area contributed by atoms with E-state index in [1.807, 2.05) is 73.1 Å². The Balaban J connectivity index is 1.33. The molecule has 4 aromatic rings. The van der Waals surface area contributed by atoms with E-state index in [-0.39, 0.29) is 5.91 Å². The summed E-state index contributed by atoms with van der Waals surface area (Å²) in [5, 5.41) is 9.24. The maximum Gasteiger partial charge on any atom is 0.266 e. The molecule has 5 nitrogen and oxygen atoms in total. The molecule has 2 aromatic carbocycles. The minimum atomic E-state index is -0.171. The first-order chi connectivity index (χ1) is 14.5. The van der Waals surface area contributed by atoms with Crippen molar-refractivity contribution in [3.63, 3.8) is 0 Å². The van der Waals surface area contributed by atoms with Crippen LogP contribution in [0, 0.1) is 6.92 Å². The van der Waals surface area contributed by atoms with Crippen molar-refractivity contribution in [1.82, 2.24) is 9.78 Å². The quantitative estimate of drug-likeness (QED) is 0.357. The molecule has 0 radical (unpaired) electrons. The molecule has 0 spiro atoms. The van der Waals surface area contributed by atoms with E-state index in [4.69, 9.17) is 4.74 Å². The minimum absolute atomic E-state index is 0.171. The summed E-state index contributed by atoms with van der Waals surface area (Å²) in [4.78, 5) is 13.2. The van der Waals surface area contributed by atoms with Crippen LogP contribution in [0.15, 0.2) is 76.7 Å². The summed E-state index contributed by atoms with van der Waals surface area (Å²) in [5.74, 6) is 1.18. The minimum Gasteiger partial charge on any atom is -0.489 e. The predicted octanol–water partition coefficient (Wildman–Crippen LogP) is 5.90. The molecule has 4 rings (SSSR count). The second kappa shape index (κ2) is 9.28. The van der Waals surface area contributed by atoms with Crippen LogP contribution in [-0.4, -0.2) is 15.7 Å². The summed E-state index contributed by atoms with van der Waals surface area (Å²) in [6.07, 6.45) is 1.85. The lowest BCUT2D eigenvalue weighted by atomic mass is 10.2. The van der Waals surface area contributed by atoms with Gasteiger partial charge >= 0.3 is 0 Å². The fourth-order valence-electron chi connectivity index (χ4n) is 2.91. The van der Waals surface area contributed by atoms with Gasteiger partial charge in [-0.25, -0.2) is 0 Å². The van der Waals surface area contributed by atoms with E-state index in [1.165, 1.54) is 11.3 Å². The van der Waals surface area contributed by atoms with Gasteiger partial charge in [0.25, 0.3) is 5.91 Å². The molecule has 0 saturated carbocycles. The molecule has 1 amide bonds. The summed E-state index contributed by atoms with van der Waals surface area (Å²) in [7, 11) is 0. The molecule has 1 N–H and O–H groups in total. The molecule has 0 fully saturated rings. The topological polar surface area (TPSA) is 56.1 Å². The number of aromatic nitrogens is 2. The van der Waals surface area contributed by atoms with Crippen LogP contribution in [0.5, 0.6) is 5.75 Å². The van der Waals surface area contributed by atoms with Crippen molar-refractivity contribution in [2.24, 2.45) is 0 Å². The van der Waals surface area contributed by atoms with E-state index in [0.29, 0.717) is 23.8 Å². The van der Waals surface area contributed by atoms with Crippen molar-refractivity contribution in [2.75, 3.05) is 5.32 Å². The van der Waals surface area contributed by atoms with Crippen molar-refractivity contribution < 1.29 is 9.53 Å². The van der Waals surface area contributed by atoms with Gasteiger partial charge in [0.2, 0.25) is 0 Å². The van der Waals surface area contributed by atoms with E-state index in [0.717, 1.165) is 26.9 Å². The van der Waals surface area contributed by atoms with E-state index in [2.05, 4.69) is 26.3 Å². The number of rotatable bonds is 7. The van der Waals surface area contributed by atoms with E-state index < -0.39 is 0 Å². The lowest BCUT2D eigenvalue weighted by molar-refractivity contribution is 0.103. The van der Waals surface area contributed by atoms with Crippen LogP contribution in [0.3, 0.4) is 0 Å². The van der Waals surface area contributed by atoms with Gasteiger partial charge in [0.05, 0.1) is 11.4 Å². The van der Waals surface area contributed by atoms with E-state index >= 15 is 0 Å². The fraction of sp³-hybridized carbons (Fsp3) is 0.130. The first-order valence-corrected chi connectivity index (χ1v) is 11.1. The number of carbonyl (C=O) groups is 1. The Bertz CT molecular complexity index is 1150. The average Bonchev–Trinajstić information content (AvgIpc) is 3.38. The smallest absolute Gasteiger partial charge is 0.266 e. The largest absolute Gasteiger partial charge is 0.489 e. The number of ether oxygens (including phenoxy) is 1. The summed E-state index contributed by atoms with van der Waals surface area (Å²) < 4.78 is 8.65. The summed E-state index contributed by atoms with van der Waals surface area (Å²) in [6.45, 7) is 3.09. The van der Waals surface area contributed by atoms with Crippen LogP contribution in [-0.2, 0) is 13.2 Å². The number of benzene rings is 2. The molecular formula is C23H20BrN3O2S. The van der Waals surface area contributed by atoms with Crippen LogP contribution in [0.2, 0.25) is 0 Å². The average molecular weight is 482 g/mol. The maximum absolute atomic E-state index is 12.6. The van der Waals surface area contributed by atoms with Gasteiger partial charge < -0.3 is 10.1 Å². The summed E-state index contributed by atoms with van der Waals surface area (Å²) in [6, 6.07) is 19.6. The zero-order valence-corrected chi connectivity index (χ0v) is 18.7. The van der Waals surface area contributed by atoms with Crippen molar-refractivity contribution in [3.05, 3.63) is 98.3 Å². The second-order valence-electron chi connectivity index (χ2n) is 6.90. The van der Waals surface area contributed by atoms with Gasteiger partial charge in [0.1, 0.15) is 12.4 Å². The Morgan fingerprint density at radius 2 is 1.97 bits per heavy atom. The number of aryl methyl sites for hydroxylation is 1. The molecule has 0 unspecified atom stereocenters. The van der Waals surface area contributed by atoms with Crippen LogP contribution >= 0.6 is 27.3 Å². The Morgan fingerprint density at radius 1 is 1.13 bits per heavy atom. The third-order valence-electron chi connectivity index (χ3n) is 4.41. The summed E-state index contributed by atoms with van der Waals surface area (Å²) >= 11 is 4.83. The van der Waals surface area contributed by atoms with Crippen molar-refractivity contribution >= 4 is 39.0 Å². The molecule has 152 valence electrons. The molecule has 0 saturated heterocycles. The monoisotopic (exact) mass is 481 g/mol. The first-order valence-electron chi connectivity index (χ1n) is 9.41. The van der Waals surface area contributed by atoms with Crippen molar-refractivity contribution in [1.29, 1.82) is 0 Å². The maximum atomic E-state index is 12.6. The Morgan fingerprint density at radius 3 is 2.77 bits per heavy atom. The van der Waals surface area contributed by atoms with Crippen LogP contribution < -0.4 is 10.1 Å². The van der Waals surface area contributed by atoms with Gasteiger partial charge in [0.15, 0.2) is 5.82 Å². The fourth-order valence-corrected chi connectivity index (χ4v) is 3.97. The molecule has 0 aliphatic heterocycles. The Labute approximate surface area is 187 Å². The Hall–Kier alpha value is -2.90. The van der Waals surface area contributed by atoms with Crippen molar-refractivity contribution in [2.45, 2.75) is 20.1 Å². The zero-order valence-electron chi connectivity index (χ0n) is 16.3. The number of anilines is 1.